The molecule has 1 saturated carbocycles. The molecule has 2 N–H and O–H groups in total. The fourth-order valence-corrected chi connectivity index (χ4v) is 2.35. The molecule has 0 aromatic carbocycles. The molecule has 0 saturated heterocycles. The quantitative estimate of drug-likeness (QED) is 0.650. The van der Waals surface area contributed by atoms with E-state index in [1.807, 2.05) is 0 Å². The highest BCUT2D eigenvalue weighted by Crippen LogP contribution is 2.34. The lowest BCUT2D eigenvalue weighted by atomic mass is 9.74. The van der Waals surface area contributed by atoms with Crippen molar-refractivity contribution < 1.29 is 5.11 Å². The van der Waals surface area contributed by atoms with Crippen LogP contribution in [0.4, 0.5) is 0 Å². The third-order valence-electron chi connectivity index (χ3n) is 3.49. The van der Waals surface area contributed by atoms with Crippen LogP contribution < -0.4 is 5.32 Å². The molecule has 0 unspecified atom stereocenters. The van der Waals surface area contributed by atoms with Gasteiger partial charge in [-0.15, -0.1) is 0 Å². The van der Waals surface area contributed by atoms with Gasteiger partial charge in [0, 0.05) is 31.7 Å². The number of aliphatic hydroxyl groups excluding tert-OH is 1. The normalized spacial score (nSPS) is 20.8. The molecule has 0 bridgehead atoms. The molecule has 1 fully saturated rings. The van der Waals surface area contributed by atoms with E-state index >= 15 is 0 Å². The zero-order chi connectivity index (χ0) is 11.1. The van der Waals surface area contributed by atoms with Crippen LogP contribution in [0.2, 0.25) is 0 Å². The summed E-state index contributed by atoms with van der Waals surface area (Å²) < 4.78 is 0. The van der Waals surface area contributed by atoms with Crippen molar-refractivity contribution in [2.24, 2.45) is 5.41 Å². The van der Waals surface area contributed by atoms with Gasteiger partial charge in [-0.1, -0.05) is 19.3 Å². The molecule has 1 rings (SSSR count). The van der Waals surface area contributed by atoms with Gasteiger partial charge in [-0.3, -0.25) is 0 Å². The molecule has 0 aromatic rings. The summed E-state index contributed by atoms with van der Waals surface area (Å²) in [6.45, 7) is 3.43. The van der Waals surface area contributed by atoms with E-state index in [4.69, 9.17) is 0 Å². The van der Waals surface area contributed by atoms with Gasteiger partial charge in [-0.25, -0.2) is 0 Å². The van der Waals surface area contributed by atoms with E-state index in [1.165, 1.54) is 32.1 Å². The van der Waals surface area contributed by atoms with Gasteiger partial charge in [0.2, 0.25) is 0 Å². The van der Waals surface area contributed by atoms with Crippen LogP contribution in [0.5, 0.6) is 0 Å². The summed E-state index contributed by atoms with van der Waals surface area (Å²) in [5, 5.41) is 13.0. The molecule has 15 heavy (non-hydrogen) atoms. The van der Waals surface area contributed by atoms with Crippen molar-refractivity contribution in [3.8, 4) is 0 Å². The summed E-state index contributed by atoms with van der Waals surface area (Å²) in [6.07, 6.45) is 6.31. The van der Waals surface area contributed by atoms with Crippen LogP contribution in [-0.4, -0.2) is 50.3 Å². The number of nitrogens with zero attached hydrogens (tertiary/aromatic N) is 1. The predicted octanol–water partition coefficient (Wildman–Crippen LogP) is 1.08. The summed E-state index contributed by atoms with van der Waals surface area (Å²) in [7, 11) is 4.17. The lowest BCUT2D eigenvalue weighted by molar-refractivity contribution is 0.0811. The zero-order valence-electron chi connectivity index (χ0n) is 10.3. The minimum Gasteiger partial charge on any atom is -0.396 e. The lowest BCUT2D eigenvalue weighted by Gasteiger charge is -2.36. The Bertz CT molecular complexity index is 165. The van der Waals surface area contributed by atoms with Crippen LogP contribution in [0.15, 0.2) is 0 Å². The molecule has 0 atom stereocenters. The predicted molar refractivity (Wildman–Crippen MR) is 64.0 cm³/mol. The average molecular weight is 214 g/mol. The minimum absolute atomic E-state index is 0.185. The number of aliphatic hydroxyl groups is 1. The van der Waals surface area contributed by atoms with E-state index in [1.54, 1.807) is 0 Å². The highest BCUT2D eigenvalue weighted by atomic mass is 16.3. The fourth-order valence-electron chi connectivity index (χ4n) is 2.35. The fraction of sp³-hybridized carbons (Fsp3) is 1.00. The van der Waals surface area contributed by atoms with Crippen molar-refractivity contribution in [2.75, 3.05) is 40.3 Å². The minimum atomic E-state index is 0.185. The van der Waals surface area contributed by atoms with Crippen LogP contribution in [0.1, 0.15) is 32.1 Å². The van der Waals surface area contributed by atoms with Gasteiger partial charge in [-0.2, -0.15) is 0 Å². The molecular formula is C12H26N2O. The van der Waals surface area contributed by atoms with Crippen molar-refractivity contribution >= 4 is 0 Å². The Kier molecular flexibility index (Phi) is 5.58. The highest BCUT2D eigenvalue weighted by molar-refractivity contribution is 4.84. The molecule has 90 valence electrons. The van der Waals surface area contributed by atoms with Crippen molar-refractivity contribution in [2.45, 2.75) is 32.1 Å². The van der Waals surface area contributed by atoms with Gasteiger partial charge in [0.25, 0.3) is 0 Å². The monoisotopic (exact) mass is 214 g/mol. The van der Waals surface area contributed by atoms with Gasteiger partial charge in [0.05, 0.1) is 0 Å². The van der Waals surface area contributed by atoms with Crippen LogP contribution in [0.25, 0.3) is 0 Å². The lowest BCUT2D eigenvalue weighted by Crippen LogP contribution is -2.41. The second kappa shape index (κ2) is 6.46. The zero-order valence-corrected chi connectivity index (χ0v) is 10.3. The van der Waals surface area contributed by atoms with Gasteiger partial charge in [-0.05, 0) is 26.9 Å². The molecule has 0 heterocycles. The van der Waals surface area contributed by atoms with Crippen molar-refractivity contribution in [3.05, 3.63) is 0 Å². The largest absolute Gasteiger partial charge is 0.396 e. The van der Waals surface area contributed by atoms with E-state index in [2.05, 4.69) is 24.3 Å². The summed E-state index contributed by atoms with van der Waals surface area (Å²) >= 11 is 0. The average Bonchev–Trinajstić information content (AvgIpc) is 2.26. The number of rotatable bonds is 6. The molecule has 0 aliphatic heterocycles. The number of likely N-dealkylation sites (N-methyl/N-ethyl adjacent to an activating group) is 1. The Labute approximate surface area is 93.9 Å². The van der Waals surface area contributed by atoms with Gasteiger partial charge >= 0.3 is 0 Å². The molecule has 3 nitrogen and oxygen atoms in total. The smallest absolute Gasteiger partial charge is 0.0499 e. The first-order valence-electron chi connectivity index (χ1n) is 6.15. The maximum absolute atomic E-state index is 9.50. The van der Waals surface area contributed by atoms with Gasteiger partial charge in [0.15, 0.2) is 0 Å². The maximum Gasteiger partial charge on any atom is 0.0499 e. The second-order valence-corrected chi connectivity index (χ2v) is 5.20. The van der Waals surface area contributed by atoms with Gasteiger partial charge < -0.3 is 15.3 Å². The summed E-state index contributed by atoms with van der Waals surface area (Å²) in [5.41, 5.74) is 0.185. The Morgan fingerprint density at radius 2 is 1.87 bits per heavy atom. The first kappa shape index (κ1) is 12.9. The molecule has 3 heteroatoms. The van der Waals surface area contributed by atoms with Crippen LogP contribution >= 0.6 is 0 Å². The second-order valence-electron chi connectivity index (χ2n) is 5.20. The van der Waals surface area contributed by atoms with Crippen molar-refractivity contribution in [1.29, 1.82) is 0 Å². The van der Waals surface area contributed by atoms with E-state index in [9.17, 15) is 5.11 Å². The first-order chi connectivity index (χ1) is 7.18. The molecule has 0 radical (unpaired) electrons. The van der Waals surface area contributed by atoms with E-state index in [0.29, 0.717) is 6.61 Å². The van der Waals surface area contributed by atoms with Crippen molar-refractivity contribution in [3.63, 3.8) is 0 Å². The first-order valence-corrected chi connectivity index (χ1v) is 6.15. The van der Waals surface area contributed by atoms with E-state index < -0.39 is 0 Å². The molecule has 0 spiro atoms. The maximum atomic E-state index is 9.50. The summed E-state index contributed by atoms with van der Waals surface area (Å²) in [6, 6.07) is 0. The molecular weight excluding hydrogens is 188 g/mol. The Morgan fingerprint density at radius 1 is 1.20 bits per heavy atom. The standard InChI is InChI=1S/C12H26N2O/c1-14(2)9-8-13-10-12(11-15)6-4-3-5-7-12/h13,15H,3-11H2,1-2H3. The summed E-state index contributed by atoms with van der Waals surface area (Å²) in [5.74, 6) is 0. The van der Waals surface area contributed by atoms with E-state index in [0.717, 1.165) is 19.6 Å². The van der Waals surface area contributed by atoms with Gasteiger partial charge in [0.1, 0.15) is 0 Å². The molecule has 1 aliphatic rings. The highest BCUT2D eigenvalue weighted by Gasteiger charge is 2.30. The summed E-state index contributed by atoms with van der Waals surface area (Å²) in [4.78, 5) is 2.18. The number of nitrogens with one attached hydrogen (secondary N) is 1. The number of hydrogen-bond acceptors (Lipinski definition) is 3. The van der Waals surface area contributed by atoms with Crippen LogP contribution in [0.3, 0.4) is 0 Å². The Balaban J connectivity index is 2.20. The SMILES string of the molecule is CN(C)CCNCC1(CO)CCCCC1. The molecule has 0 amide bonds. The number of hydrogen-bond donors (Lipinski definition) is 2. The Hall–Kier alpha value is -0.120. The topological polar surface area (TPSA) is 35.5 Å². The third kappa shape index (κ3) is 4.49. The third-order valence-corrected chi connectivity index (χ3v) is 3.49. The van der Waals surface area contributed by atoms with E-state index in [-0.39, 0.29) is 5.41 Å². The van der Waals surface area contributed by atoms with Crippen LogP contribution in [-0.2, 0) is 0 Å². The van der Waals surface area contributed by atoms with Crippen LogP contribution in [0, 0.1) is 5.41 Å². The Morgan fingerprint density at radius 3 is 2.40 bits per heavy atom. The molecule has 1 aliphatic carbocycles. The molecule has 0 aromatic heterocycles. The van der Waals surface area contributed by atoms with Crippen molar-refractivity contribution in [1.82, 2.24) is 10.2 Å².